The Morgan fingerprint density at radius 3 is 2.55 bits per heavy atom. The lowest BCUT2D eigenvalue weighted by atomic mass is 10.1. The van der Waals surface area contributed by atoms with E-state index in [0.29, 0.717) is 0 Å². The third-order valence-corrected chi connectivity index (χ3v) is 5.45. The summed E-state index contributed by atoms with van der Waals surface area (Å²) in [6.45, 7) is 3.54. The molecule has 3 rings (SSSR count). The molecule has 1 N–H and O–H groups in total. The van der Waals surface area contributed by atoms with E-state index >= 15 is 0 Å². The van der Waals surface area contributed by atoms with Crippen LogP contribution in [0.1, 0.15) is 56.9 Å². The van der Waals surface area contributed by atoms with Crippen LogP contribution < -0.4 is 5.32 Å². The van der Waals surface area contributed by atoms with Crippen LogP contribution in [0.4, 0.5) is 0 Å². The van der Waals surface area contributed by atoms with Gasteiger partial charge in [0.15, 0.2) is 0 Å². The van der Waals surface area contributed by atoms with Crippen molar-refractivity contribution in [2.75, 3.05) is 13.1 Å². The molecule has 2 nitrogen and oxygen atoms in total. The van der Waals surface area contributed by atoms with Gasteiger partial charge in [0.05, 0.1) is 0 Å². The molecule has 0 radical (unpaired) electrons. The Morgan fingerprint density at radius 2 is 1.90 bits per heavy atom. The molecule has 2 fully saturated rings. The van der Waals surface area contributed by atoms with E-state index < -0.39 is 0 Å². The first-order chi connectivity index (χ1) is 9.92. The van der Waals surface area contributed by atoms with Crippen molar-refractivity contribution in [2.24, 2.45) is 0 Å². The van der Waals surface area contributed by atoms with E-state index in [1.54, 1.807) is 0 Å². The van der Waals surface area contributed by atoms with E-state index in [4.69, 9.17) is 0 Å². The van der Waals surface area contributed by atoms with Crippen molar-refractivity contribution in [3.63, 3.8) is 0 Å². The quantitative estimate of drug-likeness (QED) is 0.763. The molecule has 20 heavy (non-hydrogen) atoms. The molecule has 2 aliphatic carbocycles. The number of thiophene rings is 1. The number of rotatable bonds is 7. The molecule has 2 saturated carbocycles. The fourth-order valence-electron chi connectivity index (χ4n) is 3.34. The van der Waals surface area contributed by atoms with Gasteiger partial charge in [-0.1, -0.05) is 25.7 Å². The lowest BCUT2D eigenvalue weighted by Crippen LogP contribution is -2.37. The summed E-state index contributed by atoms with van der Waals surface area (Å²) in [5.74, 6) is 0. The van der Waals surface area contributed by atoms with Gasteiger partial charge in [-0.3, -0.25) is 4.90 Å². The monoisotopic (exact) mass is 292 g/mol. The van der Waals surface area contributed by atoms with E-state index in [0.717, 1.165) is 18.6 Å². The molecule has 1 heterocycles. The van der Waals surface area contributed by atoms with Gasteiger partial charge in [0, 0.05) is 31.7 Å². The van der Waals surface area contributed by atoms with E-state index in [1.807, 2.05) is 11.3 Å². The summed E-state index contributed by atoms with van der Waals surface area (Å²) in [5, 5.41) is 8.31. The second kappa shape index (κ2) is 7.58. The van der Waals surface area contributed by atoms with Gasteiger partial charge in [-0.05, 0) is 48.1 Å². The Kier molecular flexibility index (Phi) is 5.51. The molecule has 0 aliphatic heterocycles. The average molecular weight is 292 g/mol. The van der Waals surface area contributed by atoms with Crippen LogP contribution in [-0.4, -0.2) is 30.1 Å². The third-order valence-electron chi connectivity index (χ3n) is 4.72. The van der Waals surface area contributed by atoms with Gasteiger partial charge >= 0.3 is 0 Å². The van der Waals surface area contributed by atoms with Gasteiger partial charge in [-0.15, -0.1) is 0 Å². The molecule has 0 unspecified atom stereocenters. The fourth-order valence-corrected chi connectivity index (χ4v) is 4.00. The number of hydrogen-bond acceptors (Lipinski definition) is 3. The van der Waals surface area contributed by atoms with Crippen LogP contribution in [0, 0.1) is 0 Å². The molecule has 1 aromatic heterocycles. The topological polar surface area (TPSA) is 15.3 Å². The highest BCUT2D eigenvalue weighted by atomic mass is 32.1. The lowest BCUT2D eigenvalue weighted by molar-refractivity contribution is 0.249. The summed E-state index contributed by atoms with van der Waals surface area (Å²) in [6.07, 6.45) is 11.4. The minimum Gasteiger partial charge on any atom is -0.313 e. The highest BCUT2D eigenvalue weighted by Gasteiger charge is 2.28. The summed E-state index contributed by atoms with van der Waals surface area (Å²) in [7, 11) is 0. The van der Waals surface area contributed by atoms with Crippen LogP contribution >= 0.6 is 11.3 Å². The zero-order valence-electron chi connectivity index (χ0n) is 12.5. The molecule has 0 spiro atoms. The van der Waals surface area contributed by atoms with Crippen molar-refractivity contribution in [1.82, 2.24) is 10.2 Å². The zero-order valence-corrected chi connectivity index (χ0v) is 13.3. The summed E-state index contributed by atoms with van der Waals surface area (Å²) < 4.78 is 0. The van der Waals surface area contributed by atoms with Crippen molar-refractivity contribution in [3.8, 4) is 0 Å². The van der Waals surface area contributed by atoms with E-state index in [1.165, 1.54) is 70.0 Å². The molecule has 3 heteroatoms. The summed E-state index contributed by atoms with van der Waals surface area (Å²) >= 11 is 1.82. The maximum Gasteiger partial charge on any atom is 0.0245 e. The normalized spacial score (nSPS) is 21.2. The first kappa shape index (κ1) is 14.6. The van der Waals surface area contributed by atoms with E-state index in [9.17, 15) is 0 Å². The maximum atomic E-state index is 3.82. The van der Waals surface area contributed by atoms with Crippen LogP contribution in [-0.2, 0) is 6.54 Å². The SMILES string of the molecule is c1cc(CN(CCNC2CCCCCC2)C2CC2)cs1. The lowest BCUT2D eigenvalue weighted by Gasteiger charge is -2.24. The van der Waals surface area contributed by atoms with Crippen LogP contribution in [0.2, 0.25) is 0 Å². The molecule has 0 atom stereocenters. The molecular formula is C17H28N2S. The van der Waals surface area contributed by atoms with Crippen molar-refractivity contribution in [1.29, 1.82) is 0 Å². The van der Waals surface area contributed by atoms with Gasteiger partial charge < -0.3 is 5.32 Å². The predicted octanol–water partition coefficient (Wildman–Crippen LogP) is 4.02. The van der Waals surface area contributed by atoms with Gasteiger partial charge in [0.1, 0.15) is 0 Å². The van der Waals surface area contributed by atoms with Gasteiger partial charge in [0.2, 0.25) is 0 Å². The smallest absolute Gasteiger partial charge is 0.0245 e. The Labute approximate surface area is 127 Å². The molecule has 2 aliphatic rings. The largest absolute Gasteiger partial charge is 0.313 e. The Hall–Kier alpha value is -0.380. The van der Waals surface area contributed by atoms with Crippen molar-refractivity contribution >= 4 is 11.3 Å². The first-order valence-electron chi connectivity index (χ1n) is 8.40. The molecule has 0 amide bonds. The standard InChI is InChI=1S/C17H28N2S/c1-2-4-6-16(5-3-1)18-10-11-19(17-7-8-17)13-15-9-12-20-14-15/h9,12,14,16-18H,1-8,10-11,13H2. The number of nitrogens with one attached hydrogen (secondary N) is 1. The second-order valence-corrected chi connectivity index (χ2v) is 7.26. The summed E-state index contributed by atoms with van der Waals surface area (Å²) in [6, 6.07) is 3.93. The van der Waals surface area contributed by atoms with E-state index in [-0.39, 0.29) is 0 Å². The molecule has 0 bridgehead atoms. The molecule has 112 valence electrons. The van der Waals surface area contributed by atoms with Gasteiger partial charge in [-0.25, -0.2) is 0 Å². The number of nitrogens with zero attached hydrogens (tertiary/aromatic N) is 1. The predicted molar refractivity (Wildman–Crippen MR) is 87.2 cm³/mol. The second-order valence-electron chi connectivity index (χ2n) is 6.48. The third kappa shape index (κ3) is 4.57. The molecule has 1 aromatic rings. The Morgan fingerprint density at radius 1 is 1.10 bits per heavy atom. The van der Waals surface area contributed by atoms with Crippen LogP contribution in [0.15, 0.2) is 16.8 Å². The minimum absolute atomic E-state index is 0.791. The molecular weight excluding hydrogens is 264 g/mol. The van der Waals surface area contributed by atoms with Crippen LogP contribution in [0.5, 0.6) is 0 Å². The van der Waals surface area contributed by atoms with Gasteiger partial charge in [-0.2, -0.15) is 11.3 Å². The van der Waals surface area contributed by atoms with Crippen molar-refractivity contribution in [2.45, 2.75) is 70.0 Å². The Balaban J connectivity index is 1.40. The molecule has 0 aromatic carbocycles. The highest BCUT2D eigenvalue weighted by Crippen LogP contribution is 2.28. The number of hydrogen-bond donors (Lipinski definition) is 1. The van der Waals surface area contributed by atoms with Crippen molar-refractivity contribution < 1.29 is 0 Å². The fraction of sp³-hybridized carbons (Fsp3) is 0.765. The van der Waals surface area contributed by atoms with E-state index in [2.05, 4.69) is 27.0 Å². The van der Waals surface area contributed by atoms with Crippen molar-refractivity contribution in [3.05, 3.63) is 22.4 Å². The Bertz CT molecular complexity index is 364. The first-order valence-corrected chi connectivity index (χ1v) is 9.34. The van der Waals surface area contributed by atoms with Gasteiger partial charge in [0.25, 0.3) is 0 Å². The highest BCUT2D eigenvalue weighted by molar-refractivity contribution is 7.07. The maximum absolute atomic E-state index is 3.82. The summed E-state index contributed by atoms with van der Waals surface area (Å²) in [4.78, 5) is 2.69. The van der Waals surface area contributed by atoms with Crippen LogP contribution in [0.25, 0.3) is 0 Å². The zero-order chi connectivity index (χ0) is 13.6. The summed E-state index contributed by atoms with van der Waals surface area (Å²) in [5.41, 5.74) is 1.50. The molecule has 0 saturated heterocycles. The average Bonchev–Trinajstić information content (AvgIpc) is 3.23. The van der Waals surface area contributed by atoms with Crippen LogP contribution in [0.3, 0.4) is 0 Å². The minimum atomic E-state index is 0.791.